The van der Waals surface area contributed by atoms with Gasteiger partial charge in [0.25, 0.3) is 0 Å². The van der Waals surface area contributed by atoms with Gasteiger partial charge in [-0.1, -0.05) is 36.4 Å². The van der Waals surface area contributed by atoms with Crippen molar-refractivity contribution in [3.63, 3.8) is 0 Å². The van der Waals surface area contributed by atoms with Crippen LogP contribution < -0.4 is 0 Å². The van der Waals surface area contributed by atoms with Gasteiger partial charge in [-0.15, -0.1) is 0 Å². The van der Waals surface area contributed by atoms with E-state index in [1.807, 2.05) is 30.3 Å². The van der Waals surface area contributed by atoms with Crippen molar-refractivity contribution < 1.29 is 10.3 Å². The van der Waals surface area contributed by atoms with Gasteiger partial charge in [0, 0.05) is 6.20 Å². The molecule has 1 unspecified atom stereocenters. The highest BCUT2D eigenvalue weighted by atomic mass is 16.5. The Bertz CT molecular complexity index is 370. The van der Waals surface area contributed by atoms with Crippen molar-refractivity contribution in [3.8, 4) is 0 Å². The first-order valence-corrected chi connectivity index (χ1v) is 4.38. The van der Waals surface area contributed by atoms with E-state index < -0.39 is 6.23 Å². The minimum Gasteiger partial charge on any atom is -0.368 e. The lowest BCUT2D eigenvalue weighted by Gasteiger charge is -2.21. The SMILES string of the molecule is OC1C=CC(c2ccccc2)=CN1O. The molecule has 0 fully saturated rings. The summed E-state index contributed by atoms with van der Waals surface area (Å²) in [5.74, 6) is 0. The molecule has 3 heteroatoms. The fraction of sp³-hybridized carbons (Fsp3) is 0.0909. The smallest absolute Gasteiger partial charge is 0.169 e. The molecule has 0 saturated carbocycles. The summed E-state index contributed by atoms with van der Waals surface area (Å²) in [5.41, 5.74) is 1.88. The second-order valence-corrected chi connectivity index (χ2v) is 3.10. The molecule has 0 spiro atoms. The third-order valence-electron chi connectivity index (χ3n) is 2.10. The quantitative estimate of drug-likeness (QED) is 0.705. The summed E-state index contributed by atoms with van der Waals surface area (Å²) >= 11 is 0. The van der Waals surface area contributed by atoms with E-state index in [1.54, 1.807) is 6.08 Å². The number of aliphatic hydroxyl groups excluding tert-OH is 1. The van der Waals surface area contributed by atoms with Crippen molar-refractivity contribution in [2.24, 2.45) is 0 Å². The third kappa shape index (κ3) is 1.69. The Hall–Kier alpha value is -1.58. The Labute approximate surface area is 82.2 Å². The predicted molar refractivity (Wildman–Crippen MR) is 53.2 cm³/mol. The molecule has 0 radical (unpaired) electrons. The lowest BCUT2D eigenvalue weighted by Crippen LogP contribution is -2.27. The van der Waals surface area contributed by atoms with Crippen LogP contribution in [0.25, 0.3) is 5.57 Å². The van der Waals surface area contributed by atoms with Crippen LogP contribution in [-0.2, 0) is 0 Å². The summed E-state index contributed by atoms with van der Waals surface area (Å²) < 4.78 is 0. The molecule has 3 nitrogen and oxygen atoms in total. The van der Waals surface area contributed by atoms with Crippen molar-refractivity contribution in [1.29, 1.82) is 0 Å². The van der Waals surface area contributed by atoms with Crippen molar-refractivity contribution in [3.05, 3.63) is 54.2 Å². The van der Waals surface area contributed by atoms with Crippen LogP contribution in [0.5, 0.6) is 0 Å². The molecule has 0 saturated heterocycles. The second kappa shape index (κ2) is 3.65. The van der Waals surface area contributed by atoms with Crippen molar-refractivity contribution >= 4 is 5.57 Å². The van der Waals surface area contributed by atoms with Gasteiger partial charge in [0.05, 0.1) is 0 Å². The van der Waals surface area contributed by atoms with E-state index in [9.17, 15) is 10.3 Å². The first-order chi connectivity index (χ1) is 6.77. The van der Waals surface area contributed by atoms with E-state index in [4.69, 9.17) is 0 Å². The monoisotopic (exact) mass is 189 g/mol. The molecule has 1 aliphatic heterocycles. The summed E-state index contributed by atoms with van der Waals surface area (Å²) in [6.45, 7) is 0. The lowest BCUT2D eigenvalue weighted by molar-refractivity contribution is -0.137. The zero-order chi connectivity index (χ0) is 9.97. The zero-order valence-corrected chi connectivity index (χ0v) is 7.54. The first-order valence-electron chi connectivity index (χ1n) is 4.38. The van der Waals surface area contributed by atoms with E-state index in [1.165, 1.54) is 12.3 Å². The van der Waals surface area contributed by atoms with E-state index >= 15 is 0 Å². The summed E-state index contributed by atoms with van der Waals surface area (Å²) in [5, 5.41) is 19.2. The van der Waals surface area contributed by atoms with Gasteiger partial charge in [0.1, 0.15) is 0 Å². The number of rotatable bonds is 1. The highest BCUT2D eigenvalue weighted by molar-refractivity contribution is 5.74. The molecule has 72 valence electrons. The van der Waals surface area contributed by atoms with E-state index in [-0.39, 0.29) is 0 Å². The van der Waals surface area contributed by atoms with Crippen LogP contribution in [-0.4, -0.2) is 21.6 Å². The number of benzene rings is 1. The average molecular weight is 189 g/mol. The average Bonchev–Trinajstić information content (AvgIpc) is 2.23. The van der Waals surface area contributed by atoms with Crippen LogP contribution in [0.3, 0.4) is 0 Å². The maximum absolute atomic E-state index is 9.27. The molecular formula is C11H11NO2. The number of aliphatic hydroxyl groups is 1. The number of nitrogens with zero attached hydrogens (tertiary/aromatic N) is 1. The molecule has 2 rings (SSSR count). The van der Waals surface area contributed by atoms with Gasteiger partial charge in [-0.2, -0.15) is 0 Å². The van der Waals surface area contributed by atoms with Gasteiger partial charge in [-0.3, -0.25) is 5.21 Å². The molecular weight excluding hydrogens is 178 g/mol. The van der Waals surface area contributed by atoms with E-state index in [0.717, 1.165) is 16.2 Å². The summed E-state index contributed by atoms with van der Waals surface area (Å²) in [7, 11) is 0. The molecule has 0 bridgehead atoms. The summed E-state index contributed by atoms with van der Waals surface area (Å²) in [4.78, 5) is 0. The van der Waals surface area contributed by atoms with Gasteiger partial charge in [-0.25, -0.2) is 5.06 Å². The molecule has 14 heavy (non-hydrogen) atoms. The molecule has 2 N–H and O–H groups in total. The van der Waals surface area contributed by atoms with Crippen LogP contribution in [0.15, 0.2) is 48.7 Å². The predicted octanol–water partition coefficient (Wildman–Crippen LogP) is 1.61. The highest BCUT2D eigenvalue weighted by Crippen LogP contribution is 2.20. The molecule has 1 heterocycles. The van der Waals surface area contributed by atoms with Crippen LogP contribution >= 0.6 is 0 Å². The number of allylic oxidation sites excluding steroid dienone is 2. The van der Waals surface area contributed by atoms with Crippen molar-refractivity contribution in [2.45, 2.75) is 6.23 Å². The standard InChI is InChI=1S/C11H11NO2/c13-11-7-6-10(8-12(11)14)9-4-2-1-3-5-9/h1-8,11,13-14H. The Kier molecular flexibility index (Phi) is 2.35. The van der Waals surface area contributed by atoms with E-state index in [2.05, 4.69) is 0 Å². The number of hydrogen-bond donors (Lipinski definition) is 2. The minimum atomic E-state index is -0.942. The highest BCUT2D eigenvalue weighted by Gasteiger charge is 2.12. The van der Waals surface area contributed by atoms with Gasteiger partial charge >= 0.3 is 0 Å². The summed E-state index contributed by atoms with van der Waals surface area (Å²) in [6, 6.07) is 9.68. The van der Waals surface area contributed by atoms with Crippen LogP contribution in [0.1, 0.15) is 5.56 Å². The fourth-order valence-electron chi connectivity index (χ4n) is 1.34. The van der Waals surface area contributed by atoms with Crippen LogP contribution in [0.4, 0.5) is 0 Å². The van der Waals surface area contributed by atoms with Gasteiger partial charge < -0.3 is 5.11 Å². The summed E-state index contributed by atoms with van der Waals surface area (Å²) in [6.07, 6.45) is 3.87. The Morgan fingerprint density at radius 2 is 1.86 bits per heavy atom. The van der Waals surface area contributed by atoms with Gasteiger partial charge in [0.15, 0.2) is 6.23 Å². The topological polar surface area (TPSA) is 43.7 Å². The Morgan fingerprint density at radius 3 is 2.50 bits per heavy atom. The molecule has 1 aromatic rings. The maximum Gasteiger partial charge on any atom is 0.169 e. The van der Waals surface area contributed by atoms with Gasteiger partial charge in [-0.05, 0) is 17.2 Å². The van der Waals surface area contributed by atoms with Crippen molar-refractivity contribution in [2.75, 3.05) is 0 Å². The molecule has 1 aromatic carbocycles. The fourth-order valence-corrected chi connectivity index (χ4v) is 1.34. The van der Waals surface area contributed by atoms with Crippen LogP contribution in [0, 0.1) is 0 Å². The molecule has 0 amide bonds. The lowest BCUT2D eigenvalue weighted by atomic mass is 10.1. The molecule has 1 atom stereocenters. The Balaban J connectivity index is 2.30. The Morgan fingerprint density at radius 1 is 1.14 bits per heavy atom. The molecule has 0 aliphatic carbocycles. The van der Waals surface area contributed by atoms with Crippen molar-refractivity contribution in [1.82, 2.24) is 5.06 Å². The first kappa shape index (κ1) is 8.99. The van der Waals surface area contributed by atoms with E-state index in [0.29, 0.717) is 0 Å². The molecule has 1 aliphatic rings. The number of hydrogen-bond acceptors (Lipinski definition) is 3. The third-order valence-corrected chi connectivity index (χ3v) is 2.10. The molecule has 0 aromatic heterocycles. The largest absolute Gasteiger partial charge is 0.368 e. The zero-order valence-electron chi connectivity index (χ0n) is 7.54. The normalized spacial score (nSPS) is 20.9. The maximum atomic E-state index is 9.27. The minimum absolute atomic E-state index is 0.780. The van der Waals surface area contributed by atoms with Gasteiger partial charge in [0.2, 0.25) is 0 Å². The van der Waals surface area contributed by atoms with Crippen LogP contribution in [0.2, 0.25) is 0 Å². The number of hydroxylamine groups is 2. The second-order valence-electron chi connectivity index (χ2n) is 3.10.